The number of carbonyl (C=O) groups excluding carboxylic acids is 1. The predicted molar refractivity (Wildman–Crippen MR) is 151 cm³/mol. The standard InChI is InChI=1S/C32H37F4N3O/c1-22(2)17-39(31(40)24-10-12-28(33)13-11-24)20-26-19-38(18-23-8-14-29(15-9-23)37(3)4)21-30(26)25-6-5-7-27(16-25)32(34,35)36/h5-16,22,26,30H,17-21H2,1-4H3/t26-,30+/m1/s1. The molecule has 4 nitrogen and oxygen atoms in total. The molecule has 3 aromatic rings. The van der Waals surface area contributed by atoms with Crippen molar-refractivity contribution in [1.82, 2.24) is 9.80 Å². The van der Waals surface area contributed by atoms with E-state index in [4.69, 9.17) is 0 Å². The molecule has 0 saturated carbocycles. The number of rotatable bonds is 9. The maximum absolute atomic E-state index is 13.6. The molecule has 0 spiro atoms. The second-order valence-electron chi connectivity index (χ2n) is 11.4. The van der Waals surface area contributed by atoms with E-state index in [2.05, 4.69) is 29.2 Å². The first kappa shape index (κ1) is 29.6. The maximum Gasteiger partial charge on any atom is 0.416 e. The van der Waals surface area contributed by atoms with E-state index in [-0.39, 0.29) is 23.7 Å². The van der Waals surface area contributed by atoms with Crippen LogP contribution in [0.5, 0.6) is 0 Å². The third kappa shape index (κ3) is 7.42. The van der Waals surface area contributed by atoms with Gasteiger partial charge in [0.1, 0.15) is 5.82 Å². The SMILES string of the molecule is CC(C)CN(C[C@H]1CN(Cc2ccc(N(C)C)cc2)C[C@H]1c1cccc(C(F)(F)F)c1)C(=O)c1ccc(F)cc1. The molecule has 0 bridgehead atoms. The summed E-state index contributed by atoms with van der Waals surface area (Å²) in [5.74, 6) is -0.688. The summed E-state index contributed by atoms with van der Waals surface area (Å²) in [6, 6.07) is 19.3. The van der Waals surface area contributed by atoms with Gasteiger partial charge in [0, 0.05) is 64.0 Å². The predicted octanol–water partition coefficient (Wildman–Crippen LogP) is 6.92. The fourth-order valence-corrected chi connectivity index (χ4v) is 5.49. The highest BCUT2D eigenvalue weighted by Gasteiger charge is 2.38. The summed E-state index contributed by atoms with van der Waals surface area (Å²) in [6.07, 6.45) is -4.43. The Balaban J connectivity index is 1.62. The first-order chi connectivity index (χ1) is 18.9. The van der Waals surface area contributed by atoms with Crippen molar-refractivity contribution in [1.29, 1.82) is 0 Å². The molecule has 0 unspecified atom stereocenters. The minimum atomic E-state index is -4.43. The number of hydrogen-bond acceptors (Lipinski definition) is 3. The maximum atomic E-state index is 13.6. The first-order valence-corrected chi connectivity index (χ1v) is 13.6. The molecule has 0 N–H and O–H groups in total. The van der Waals surface area contributed by atoms with Crippen LogP contribution in [0.2, 0.25) is 0 Å². The van der Waals surface area contributed by atoms with Gasteiger partial charge in [-0.3, -0.25) is 9.69 Å². The van der Waals surface area contributed by atoms with E-state index in [9.17, 15) is 22.4 Å². The minimum Gasteiger partial charge on any atom is -0.378 e. The molecule has 1 fully saturated rings. The zero-order valence-corrected chi connectivity index (χ0v) is 23.5. The van der Waals surface area contributed by atoms with E-state index in [0.717, 1.165) is 17.3 Å². The number of likely N-dealkylation sites (tertiary alicyclic amines) is 1. The van der Waals surface area contributed by atoms with Crippen molar-refractivity contribution in [2.24, 2.45) is 11.8 Å². The lowest BCUT2D eigenvalue weighted by molar-refractivity contribution is -0.137. The van der Waals surface area contributed by atoms with Crippen LogP contribution in [0.1, 0.15) is 46.8 Å². The molecule has 1 aliphatic heterocycles. The quantitative estimate of drug-likeness (QED) is 0.268. The van der Waals surface area contributed by atoms with Crippen LogP contribution >= 0.6 is 0 Å². The molecule has 0 radical (unpaired) electrons. The summed E-state index contributed by atoms with van der Waals surface area (Å²) in [5.41, 5.74) is 2.57. The van der Waals surface area contributed by atoms with Gasteiger partial charge in [0.05, 0.1) is 5.56 Å². The molecule has 3 aromatic carbocycles. The highest BCUT2D eigenvalue weighted by molar-refractivity contribution is 5.94. The molecule has 4 rings (SSSR count). The third-order valence-corrected chi connectivity index (χ3v) is 7.44. The van der Waals surface area contributed by atoms with Gasteiger partial charge >= 0.3 is 6.18 Å². The molecular weight excluding hydrogens is 518 g/mol. The fourth-order valence-electron chi connectivity index (χ4n) is 5.49. The van der Waals surface area contributed by atoms with E-state index >= 15 is 0 Å². The largest absolute Gasteiger partial charge is 0.416 e. The van der Waals surface area contributed by atoms with Crippen LogP contribution < -0.4 is 4.90 Å². The summed E-state index contributed by atoms with van der Waals surface area (Å²) in [5, 5.41) is 0. The summed E-state index contributed by atoms with van der Waals surface area (Å²) in [7, 11) is 3.96. The fraction of sp³-hybridized carbons (Fsp3) is 0.406. The second kappa shape index (κ2) is 12.4. The Morgan fingerprint density at radius 1 is 0.975 bits per heavy atom. The molecule has 8 heteroatoms. The highest BCUT2D eigenvalue weighted by Crippen LogP contribution is 2.37. The van der Waals surface area contributed by atoms with Gasteiger partial charge in [-0.15, -0.1) is 0 Å². The zero-order valence-electron chi connectivity index (χ0n) is 23.5. The summed E-state index contributed by atoms with van der Waals surface area (Å²) in [6.45, 7) is 6.82. The topological polar surface area (TPSA) is 26.8 Å². The van der Waals surface area contributed by atoms with Gasteiger partial charge in [-0.1, -0.05) is 44.2 Å². The van der Waals surface area contributed by atoms with Crippen molar-refractivity contribution >= 4 is 11.6 Å². The Hall–Kier alpha value is -3.39. The lowest BCUT2D eigenvalue weighted by Crippen LogP contribution is -2.39. The third-order valence-electron chi connectivity index (χ3n) is 7.44. The van der Waals surface area contributed by atoms with Gasteiger partial charge in [0.2, 0.25) is 0 Å². The summed E-state index contributed by atoms with van der Waals surface area (Å²) < 4.78 is 54.3. The van der Waals surface area contributed by atoms with Crippen molar-refractivity contribution in [2.75, 3.05) is 45.2 Å². The number of halogens is 4. The summed E-state index contributed by atoms with van der Waals surface area (Å²) in [4.78, 5) is 19.6. The second-order valence-corrected chi connectivity index (χ2v) is 11.4. The number of hydrogen-bond donors (Lipinski definition) is 0. The molecule has 0 aliphatic carbocycles. The molecule has 1 amide bonds. The Kier molecular flexibility index (Phi) is 9.19. The van der Waals surface area contributed by atoms with E-state index < -0.39 is 17.6 Å². The highest BCUT2D eigenvalue weighted by atomic mass is 19.4. The van der Waals surface area contributed by atoms with E-state index in [1.54, 1.807) is 11.0 Å². The van der Waals surface area contributed by atoms with Crippen molar-refractivity contribution in [3.05, 3.63) is 101 Å². The smallest absolute Gasteiger partial charge is 0.378 e. The average molecular weight is 556 g/mol. The molecule has 1 heterocycles. The Labute approximate surface area is 234 Å². The van der Waals surface area contributed by atoms with Gasteiger partial charge < -0.3 is 9.80 Å². The Morgan fingerprint density at radius 2 is 1.65 bits per heavy atom. The number of nitrogens with zero attached hydrogens (tertiary/aromatic N) is 3. The average Bonchev–Trinajstić information content (AvgIpc) is 3.30. The van der Waals surface area contributed by atoms with E-state index in [0.29, 0.717) is 43.9 Å². The van der Waals surface area contributed by atoms with E-state index in [1.807, 2.05) is 32.8 Å². The lowest BCUT2D eigenvalue weighted by Gasteiger charge is -2.30. The normalized spacial score (nSPS) is 17.8. The van der Waals surface area contributed by atoms with Crippen LogP contribution in [-0.2, 0) is 12.7 Å². The molecule has 1 saturated heterocycles. The van der Waals surface area contributed by atoms with Crippen LogP contribution in [0, 0.1) is 17.7 Å². The van der Waals surface area contributed by atoms with Crippen LogP contribution in [0.25, 0.3) is 0 Å². The van der Waals surface area contributed by atoms with Gasteiger partial charge in [0.25, 0.3) is 5.91 Å². The molecular formula is C32H37F4N3O. The summed E-state index contributed by atoms with van der Waals surface area (Å²) >= 11 is 0. The van der Waals surface area contributed by atoms with Crippen LogP contribution in [0.3, 0.4) is 0 Å². The van der Waals surface area contributed by atoms with Crippen LogP contribution in [0.4, 0.5) is 23.2 Å². The molecule has 214 valence electrons. The monoisotopic (exact) mass is 555 g/mol. The van der Waals surface area contributed by atoms with Crippen molar-refractivity contribution in [3.8, 4) is 0 Å². The molecule has 40 heavy (non-hydrogen) atoms. The number of carbonyl (C=O) groups is 1. The first-order valence-electron chi connectivity index (χ1n) is 13.6. The van der Waals surface area contributed by atoms with Crippen molar-refractivity contribution < 1.29 is 22.4 Å². The van der Waals surface area contributed by atoms with Gasteiger partial charge in [-0.2, -0.15) is 13.2 Å². The van der Waals surface area contributed by atoms with Gasteiger partial charge in [-0.25, -0.2) is 4.39 Å². The number of anilines is 1. The van der Waals surface area contributed by atoms with E-state index in [1.165, 1.54) is 36.4 Å². The number of alkyl halides is 3. The number of amides is 1. The Morgan fingerprint density at radius 3 is 2.25 bits per heavy atom. The van der Waals surface area contributed by atoms with Crippen LogP contribution in [-0.4, -0.2) is 56.0 Å². The molecule has 0 aromatic heterocycles. The van der Waals surface area contributed by atoms with Crippen molar-refractivity contribution in [2.45, 2.75) is 32.5 Å². The van der Waals surface area contributed by atoms with Gasteiger partial charge in [0.15, 0.2) is 0 Å². The number of benzene rings is 3. The zero-order chi connectivity index (χ0) is 29.0. The lowest BCUT2D eigenvalue weighted by atomic mass is 9.87. The van der Waals surface area contributed by atoms with Gasteiger partial charge in [-0.05, 0) is 65.4 Å². The van der Waals surface area contributed by atoms with Crippen molar-refractivity contribution in [3.63, 3.8) is 0 Å². The minimum absolute atomic E-state index is 0.0762. The molecule has 2 atom stereocenters. The molecule has 1 aliphatic rings. The van der Waals surface area contributed by atoms with Crippen LogP contribution in [0.15, 0.2) is 72.8 Å². The Bertz CT molecular complexity index is 1270.